The van der Waals surface area contributed by atoms with Crippen LogP contribution in [0, 0.1) is 13.8 Å². The van der Waals surface area contributed by atoms with Crippen molar-refractivity contribution in [1.82, 2.24) is 20.2 Å². The third kappa shape index (κ3) is 6.86. The molecule has 1 atom stereocenters. The van der Waals surface area contributed by atoms with Gasteiger partial charge in [0.05, 0.1) is 11.4 Å². The molecule has 0 saturated heterocycles. The van der Waals surface area contributed by atoms with Crippen molar-refractivity contribution in [3.63, 3.8) is 0 Å². The summed E-state index contributed by atoms with van der Waals surface area (Å²) >= 11 is 0. The van der Waals surface area contributed by atoms with Crippen molar-refractivity contribution in [2.75, 3.05) is 18.9 Å². The van der Waals surface area contributed by atoms with E-state index in [4.69, 9.17) is 5.73 Å². The number of nitrogens with one attached hydrogen (secondary N) is 2. The number of hydrogen-bond acceptors (Lipinski definition) is 6. The van der Waals surface area contributed by atoms with E-state index in [0.29, 0.717) is 25.2 Å². The summed E-state index contributed by atoms with van der Waals surface area (Å²) in [7, 11) is 1.57. The van der Waals surface area contributed by atoms with Crippen LogP contribution in [-0.2, 0) is 22.4 Å². The highest BCUT2D eigenvalue weighted by atomic mass is 16.2. The van der Waals surface area contributed by atoms with Gasteiger partial charge >= 0.3 is 0 Å². The van der Waals surface area contributed by atoms with E-state index in [2.05, 4.69) is 27.5 Å². The molecule has 0 saturated carbocycles. The highest BCUT2D eigenvalue weighted by Gasteiger charge is 2.20. The fourth-order valence-corrected chi connectivity index (χ4v) is 3.15. The van der Waals surface area contributed by atoms with E-state index >= 15 is 0 Å². The third-order valence-electron chi connectivity index (χ3n) is 5.21. The fourth-order valence-electron chi connectivity index (χ4n) is 3.15. The number of nitrogens with two attached hydrogens (primary N) is 1. The molecule has 1 aromatic carbocycles. The van der Waals surface area contributed by atoms with Gasteiger partial charge in [-0.2, -0.15) is 0 Å². The molecule has 0 fully saturated rings. The van der Waals surface area contributed by atoms with Gasteiger partial charge in [-0.05, 0) is 57.4 Å². The van der Waals surface area contributed by atoms with Crippen molar-refractivity contribution in [2.45, 2.75) is 39.7 Å². The molecule has 0 spiro atoms. The maximum absolute atomic E-state index is 12.4. The van der Waals surface area contributed by atoms with E-state index in [1.165, 1.54) is 17.1 Å². The van der Waals surface area contributed by atoms with Crippen LogP contribution in [0.2, 0.25) is 0 Å². The monoisotopic (exact) mass is 451 g/mol. The second-order valence-corrected chi connectivity index (χ2v) is 7.56. The first-order chi connectivity index (χ1) is 15.7. The number of benzene rings is 1. The highest BCUT2D eigenvalue weighted by molar-refractivity contribution is 5.96. The predicted octanol–water partition coefficient (Wildman–Crippen LogP) is 2.09. The molecule has 0 unspecified atom stereocenters. The molecule has 0 aliphatic carbocycles. The van der Waals surface area contributed by atoms with E-state index in [1.807, 2.05) is 38.1 Å². The second-order valence-electron chi connectivity index (χ2n) is 7.56. The lowest BCUT2D eigenvalue weighted by Gasteiger charge is -2.22. The van der Waals surface area contributed by atoms with Gasteiger partial charge in [-0.25, -0.2) is 9.97 Å². The highest BCUT2D eigenvalue weighted by Crippen LogP contribution is 2.20. The van der Waals surface area contributed by atoms with E-state index in [0.717, 1.165) is 22.6 Å². The standard InChI is InChI=1S/C24H31N6O3/c1-6-9-20(31)30(5)16(4)24(33)26-13-12-17-10-8-11-18(14-17)28-23-21(22(25)32)29-19(7-2)15(3)27-23/h6,8-11,14,16H,1,7,12-13H2,2-5H3,(H2,25,32)(H,26,33)(H,27,28)/t16-/m0/s1. The van der Waals surface area contributed by atoms with Crippen LogP contribution in [-0.4, -0.2) is 52.2 Å². The van der Waals surface area contributed by atoms with Crippen molar-refractivity contribution in [2.24, 2.45) is 5.73 Å². The van der Waals surface area contributed by atoms with Gasteiger partial charge in [0.2, 0.25) is 11.8 Å². The lowest BCUT2D eigenvalue weighted by molar-refractivity contribution is -0.135. The fraction of sp³-hybridized carbons (Fsp3) is 0.333. The molecule has 175 valence electrons. The predicted molar refractivity (Wildman–Crippen MR) is 128 cm³/mol. The van der Waals surface area contributed by atoms with Crippen LogP contribution in [0.15, 0.2) is 36.4 Å². The summed E-state index contributed by atoms with van der Waals surface area (Å²) in [6, 6.07) is 6.93. The van der Waals surface area contributed by atoms with Gasteiger partial charge in [-0.15, -0.1) is 0 Å². The van der Waals surface area contributed by atoms with Crippen molar-refractivity contribution in [3.8, 4) is 0 Å². The number of allylic oxidation sites excluding steroid dienone is 1. The zero-order chi connectivity index (χ0) is 24.5. The van der Waals surface area contributed by atoms with Gasteiger partial charge < -0.3 is 21.3 Å². The molecular weight excluding hydrogens is 420 g/mol. The normalized spacial score (nSPS) is 11.8. The van der Waals surface area contributed by atoms with Gasteiger partial charge in [-0.1, -0.05) is 25.1 Å². The van der Waals surface area contributed by atoms with Crippen LogP contribution in [0.3, 0.4) is 0 Å². The number of aryl methyl sites for hydroxylation is 2. The largest absolute Gasteiger partial charge is 0.364 e. The summed E-state index contributed by atoms with van der Waals surface area (Å²) in [6.45, 7) is 9.33. The third-order valence-corrected chi connectivity index (χ3v) is 5.21. The Morgan fingerprint density at radius 2 is 2.00 bits per heavy atom. The van der Waals surface area contributed by atoms with Crippen LogP contribution in [0.5, 0.6) is 0 Å². The first-order valence-corrected chi connectivity index (χ1v) is 10.7. The summed E-state index contributed by atoms with van der Waals surface area (Å²) in [5, 5.41) is 5.97. The molecule has 0 bridgehead atoms. The van der Waals surface area contributed by atoms with Gasteiger partial charge in [0.15, 0.2) is 11.5 Å². The van der Waals surface area contributed by atoms with Crippen LogP contribution >= 0.6 is 0 Å². The number of nitrogens with zero attached hydrogens (tertiary/aromatic N) is 3. The number of carbonyl (C=O) groups excluding carboxylic acids is 3. The van der Waals surface area contributed by atoms with Crippen molar-refractivity contribution >= 4 is 29.2 Å². The SMILES string of the molecule is [CH2]C=CC(=O)N(C)[C@@H](C)C(=O)NCCc1cccc(Nc2nc(C)c(CC)nc2C(N)=O)c1. The average Bonchev–Trinajstić information content (AvgIpc) is 2.78. The summed E-state index contributed by atoms with van der Waals surface area (Å²) < 4.78 is 0. The van der Waals surface area contributed by atoms with Crippen molar-refractivity contribution < 1.29 is 14.4 Å². The van der Waals surface area contributed by atoms with Gasteiger partial charge in [0.1, 0.15) is 6.04 Å². The molecule has 4 N–H and O–H groups in total. The minimum Gasteiger partial charge on any atom is -0.364 e. The minimum absolute atomic E-state index is 0.0940. The number of anilines is 2. The molecule has 0 aliphatic rings. The maximum atomic E-state index is 12.4. The Kier molecular flexibility index (Phi) is 9.08. The molecule has 9 heteroatoms. The molecule has 1 radical (unpaired) electrons. The zero-order valence-corrected chi connectivity index (χ0v) is 19.5. The van der Waals surface area contributed by atoms with E-state index in [1.54, 1.807) is 14.0 Å². The first-order valence-electron chi connectivity index (χ1n) is 10.7. The smallest absolute Gasteiger partial charge is 0.271 e. The van der Waals surface area contributed by atoms with Gasteiger partial charge in [0, 0.05) is 19.3 Å². The molecule has 9 nitrogen and oxygen atoms in total. The molecule has 1 heterocycles. The van der Waals surface area contributed by atoms with Gasteiger partial charge in [-0.3, -0.25) is 14.4 Å². The Balaban J connectivity index is 2.03. The lowest BCUT2D eigenvalue weighted by Crippen LogP contribution is -2.45. The van der Waals surface area contributed by atoms with E-state index < -0.39 is 11.9 Å². The molecule has 1 aromatic heterocycles. The van der Waals surface area contributed by atoms with Crippen molar-refractivity contribution in [3.05, 3.63) is 66.0 Å². The molecule has 3 amide bonds. The number of rotatable bonds is 10. The summed E-state index contributed by atoms with van der Waals surface area (Å²) in [5.74, 6) is -0.875. The number of amides is 3. The Morgan fingerprint density at radius 1 is 1.27 bits per heavy atom. The van der Waals surface area contributed by atoms with E-state index in [-0.39, 0.29) is 17.5 Å². The lowest BCUT2D eigenvalue weighted by atomic mass is 10.1. The number of carbonyl (C=O) groups is 3. The molecule has 2 rings (SSSR count). The quantitative estimate of drug-likeness (QED) is 0.474. The second kappa shape index (κ2) is 11.8. The van der Waals surface area contributed by atoms with E-state index in [9.17, 15) is 14.4 Å². The van der Waals surface area contributed by atoms with Crippen LogP contribution in [0.25, 0.3) is 0 Å². The Labute approximate surface area is 194 Å². The minimum atomic E-state index is -0.651. The Morgan fingerprint density at radius 3 is 2.64 bits per heavy atom. The number of primary amides is 1. The molecule has 2 aromatic rings. The Hall–Kier alpha value is -3.75. The molecule has 33 heavy (non-hydrogen) atoms. The van der Waals surface area contributed by atoms with Gasteiger partial charge in [0.25, 0.3) is 5.91 Å². The maximum Gasteiger partial charge on any atom is 0.271 e. The summed E-state index contributed by atoms with van der Waals surface area (Å²) in [6.07, 6.45) is 3.93. The topological polar surface area (TPSA) is 130 Å². The number of aromatic nitrogens is 2. The van der Waals surface area contributed by atoms with Crippen LogP contribution < -0.4 is 16.4 Å². The Bertz CT molecular complexity index is 1050. The average molecular weight is 452 g/mol. The zero-order valence-electron chi connectivity index (χ0n) is 19.5. The first kappa shape index (κ1) is 25.5. The molecule has 0 aliphatic heterocycles. The van der Waals surface area contributed by atoms with Crippen molar-refractivity contribution in [1.29, 1.82) is 0 Å². The van der Waals surface area contributed by atoms with Crippen LogP contribution in [0.4, 0.5) is 11.5 Å². The number of hydrogen-bond donors (Lipinski definition) is 3. The number of likely N-dealkylation sites (N-methyl/N-ethyl adjacent to an activating group) is 1. The van der Waals surface area contributed by atoms with Crippen LogP contribution in [0.1, 0.15) is 41.3 Å². The molecular formula is C24H31N6O3. The summed E-state index contributed by atoms with van der Waals surface area (Å²) in [5.41, 5.74) is 8.73. The summed E-state index contributed by atoms with van der Waals surface area (Å²) in [4.78, 5) is 46.3.